The molecule has 18 heavy (non-hydrogen) atoms. The summed E-state index contributed by atoms with van der Waals surface area (Å²) in [6.45, 7) is 0. The Morgan fingerprint density at radius 1 is 1.39 bits per heavy atom. The van der Waals surface area contributed by atoms with E-state index in [0.717, 1.165) is 11.3 Å². The maximum Gasteiger partial charge on any atom is 0.268 e. The van der Waals surface area contributed by atoms with Gasteiger partial charge in [0.05, 0.1) is 13.3 Å². The van der Waals surface area contributed by atoms with Crippen molar-refractivity contribution in [1.29, 1.82) is 5.26 Å². The number of aromatic amines is 1. The van der Waals surface area contributed by atoms with Gasteiger partial charge in [-0.1, -0.05) is 12.1 Å². The van der Waals surface area contributed by atoms with E-state index in [1.165, 1.54) is 6.20 Å². The second-order valence-corrected chi connectivity index (χ2v) is 3.71. The molecule has 1 aromatic heterocycles. The van der Waals surface area contributed by atoms with Gasteiger partial charge in [-0.2, -0.15) is 5.26 Å². The first-order chi connectivity index (χ1) is 8.72. The SMILES string of the molecule is COc1ccc(Cc2ncc(C#N)c(=O)[nH]2)cc1. The van der Waals surface area contributed by atoms with E-state index < -0.39 is 5.56 Å². The van der Waals surface area contributed by atoms with Crippen molar-refractivity contribution in [2.75, 3.05) is 7.11 Å². The second-order valence-electron chi connectivity index (χ2n) is 3.71. The van der Waals surface area contributed by atoms with Gasteiger partial charge in [0.2, 0.25) is 0 Å². The number of methoxy groups -OCH3 is 1. The van der Waals surface area contributed by atoms with Gasteiger partial charge in [0.1, 0.15) is 23.2 Å². The average molecular weight is 241 g/mol. The van der Waals surface area contributed by atoms with E-state index in [9.17, 15) is 4.79 Å². The molecule has 1 aromatic carbocycles. The summed E-state index contributed by atoms with van der Waals surface area (Å²) in [5, 5.41) is 8.63. The number of hydrogen-bond acceptors (Lipinski definition) is 4. The van der Waals surface area contributed by atoms with Crippen molar-refractivity contribution in [3.05, 3.63) is 57.8 Å². The molecule has 5 nitrogen and oxygen atoms in total. The largest absolute Gasteiger partial charge is 0.497 e. The number of rotatable bonds is 3. The van der Waals surface area contributed by atoms with Crippen molar-refractivity contribution in [1.82, 2.24) is 9.97 Å². The molecule has 0 aliphatic heterocycles. The summed E-state index contributed by atoms with van der Waals surface area (Å²) in [5.41, 5.74) is 0.619. The van der Waals surface area contributed by atoms with E-state index in [4.69, 9.17) is 10.00 Å². The van der Waals surface area contributed by atoms with E-state index in [0.29, 0.717) is 12.2 Å². The van der Waals surface area contributed by atoms with Gasteiger partial charge in [0.15, 0.2) is 0 Å². The Morgan fingerprint density at radius 3 is 2.67 bits per heavy atom. The number of ether oxygens (including phenoxy) is 1. The molecule has 0 spiro atoms. The molecule has 0 saturated carbocycles. The molecule has 0 aliphatic rings. The number of benzene rings is 1. The molecule has 0 radical (unpaired) electrons. The number of hydrogen-bond donors (Lipinski definition) is 1. The minimum Gasteiger partial charge on any atom is -0.497 e. The van der Waals surface area contributed by atoms with Gasteiger partial charge in [0.25, 0.3) is 5.56 Å². The number of nitriles is 1. The summed E-state index contributed by atoms with van der Waals surface area (Å²) in [6, 6.07) is 9.27. The van der Waals surface area contributed by atoms with Crippen LogP contribution in [0.2, 0.25) is 0 Å². The predicted octanol–water partition coefficient (Wildman–Crippen LogP) is 1.24. The van der Waals surface area contributed by atoms with Crippen molar-refractivity contribution in [3.63, 3.8) is 0 Å². The molecule has 0 bridgehead atoms. The third-order valence-electron chi connectivity index (χ3n) is 2.50. The number of nitrogens with zero attached hydrogens (tertiary/aromatic N) is 2. The standard InChI is InChI=1S/C13H11N3O2/c1-18-11-4-2-9(3-5-11)6-12-15-8-10(7-14)13(17)16-12/h2-5,8H,6H2,1H3,(H,15,16,17). The molecule has 2 rings (SSSR count). The lowest BCUT2D eigenvalue weighted by Gasteiger charge is -2.03. The van der Waals surface area contributed by atoms with E-state index in [1.54, 1.807) is 13.2 Å². The Kier molecular flexibility index (Phi) is 3.39. The van der Waals surface area contributed by atoms with Crippen LogP contribution in [0.4, 0.5) is 0 Å². The molecule has 1 N–H and O–H groups in total. The molecular formula is C13H11N3O2. The van der Waals surface area contributed by atoms with Crippen LogP contribution in [0.1, 0.15) is 17.0 Å². The van der Waals surface area contributed by atoms with Crippen LogP contribution in [0.3, 0.4) is 0 Å². The molecule has 2 aromatic rings. The molecule has 0 amide bonds. The van der Waals surface area contributed by atoms with Crippen molar-refractivity contribution < 1.29 is 4.74 Å². The maximum atomic E-state index is 11.4. The number of aromatic nitrogens is 2. The predicted molar refractivity (Wildman–Crippen MR) is 65.4 cm³/mol. The summed E-state index contributed by atoms with van der Waals surface area (Å²) >= 11 is 0. The van der Waals surface area contributed by atoms with Crippen molar-refractivity contribution in [2.45, 2.75) is 6.42 Å². The van der Waals surface area contributed by atoms with Gasteiger partial charge < -0.3 is 9.72 Å². The molecule has 0 aliphatic carbocycles. The van der Waals surface area contributed by atoms with Crippen molar-refractivity contribution in [2.24, 2.45) is 0 Å². The highest BCUT2D eigenvalue weighted by molar-refractivity contribution is 5.29. The average Bonchev–Trinajstić information content (AvgIpc) is 2.40. The first-order valence-electron chi connectivity index (χ1n) is 5.34. The molecule has 0 saturated heterocycles. The van der Waals surface area contributed by atoms with Crippen LogP contribution in [-0.2, 0) is 6.42 Å². The Morgan fingerprint density at radius 2 is 2.11 bits per heavy atom. The zero-order valence-electron chi connectivity index (χ0n) is 9.80. The Hall–Kier alpha value is -2.61. The van der Waals surface area contributed by atoms with Crippen LogP contribution in [0.5, 0.6) is 5.75 Å². The summed E-state index contributed by atoms with van der Waals surface area (Å²) in [4.78, 5) is 18.0. The van der Waals surface area contributed by atoms with Gasteiger partial charge in [-0.05, 0) is 17.7 Å². The summed E-state index contributed by atoms with van der Waals surface area (Å²) in [7, 11) is 1.61. The Labute approximate surface area is 104 Å². The lowest BCUT2D eigenvalue weighted by molar-refractivity contribution is 0.414. The van der Waals surface area contributed by atoms with Gasteiger partial charge in [-0.3, -0.25) is 4.79 Å². The van der Waals surface area contributed by atoms with Crippen LogP contribution >= 0.6 is 0 Å². The van der Waals surface area contributed by atoms with Crippen molar-refractivity contribution >= 4 is 0 Å². The van der Waals surface area contributed by atoms with Gasteiger partial charge in [0, 0.05) is 6.42 Å². The molecule has 1 heterocycles. The summed E-state index contributed by atoms with van der Waals surface area (Å²) < 4.78 is 5.06. The van der Waals surface area contributed by atoms with Crippen LogP contribution in [0, 0.1) is 11.3 Å². The smallest absolute Gasteiger partial charge is 0.268 e. The van der Waals surface area contributed by atoms with E-state index in [1.807, 2.05) is 24.3 Å². The molecule has 0 fully saturated rings. The second kappa shape index (κ2) is 5.15. The highest BCUT2D eigenvalue weighted by Crippen LogP contribution is 2.12. The highest BCUT2D eigenvalue weighted by Gasteiger charge is 2.03. The number of nitrogens with one attached hydrogen (secondary N) is 1. The van der Waals surface area contributed by atoms with Gasteiger partial charge >= 0.3 is 0 Å². The topological polar surface area (TPSA) is 78.8 Å². The molecular weight excluding hydrogens is 230 g/mol. The third kappa shape index (κ3) is 2.55. The minimum atomic E-state index is -0.406. The minimum absolute atomic E-state index is 0.0217. The fourth-order valence-electron chi connectivity index (χ4n) is 1.54. The van der Waals surface area contributed by atoms with Crippen LogP contribution in [0.25, 0.3) is 0 Å². The van der Waals surface area contributed by atoms with Crippen LogP contribution in [-0.4, -0.2) is 17.1 Å². The highest BCUT2D eigenvalue weighted by atomic mass is 16.5. The lowest BCUT2D eigenvalue weighted by Crippen LogP contribution is -2.14. The Bertz CT molecular complexity index is 639. The zero-order chi connectivity index (χ0) is 13.0. The van der Waals surface area contributed by atoms with E-state index in [2.05, 4.69) is 9.97 Å². The fraction of sp³-hybridized carbons (Fsp3) is 0.154. The first-order valence-corrected chi connectivity index (χ1v) is 5.34. The van der Waals surface area contributed by atoms with Gasteiger partial charge in [-0.25, -0.2) is 4.98 Å². The van der Waals surface area contributed by atoms with Crippen LogP contribution < -0.4 is 10.3 Å². The van der Waals surface area contributed by atoms with Crippen molar-refractivity contribution in [3.8, 4) is 11.8 Å². The quantitative estimate of drug-likeness (QED) is 0.876. The lowest BCUT2D eigenvalue weighted by atomic mass is 10.1. The molecule has 0 atom stereocenters. The number of H-pyrrole nitrogens is 1. The van der Waals surface area contributed by atoms with Gasteiger partial charge in [-0.15, -0.1) is 0 Å². The summed E-state index contributed by atoms with van der Waals surface area (Å²) in [6.07, 6.45) is 1.79. The fourth-order valence-corrected chi connectivity index (χ4v) is 1.54. The van der Waals surface area contributed by atoms with Crippen LogP contribution in [0.15, 0.2) is 35.3 Å². The Balaban J connectivity index is 2.21. The zero-order valence-corrected chi connectivity index (χ0v) is 9.80. The molecule has 90 valence electrons. The molecule has 5 heteroatoms. The normalized spacial score (nSPS) is 9.78. The van der Waals surface area contributed by atoms with E-state index >= 15 is 0 Å². The monoisotopic (exact) mass is 241 g/mol. The maximum absolute atomic E-state index is 11.4. The first kappa shape index (κ1) is 11.9. The molecule has 0 unspecified atom stereocenters. The summed E-state index contributed by atoms with van der Waals surface area (Å²) in [5.74, 6) is 1.31. The third-order valence-corrected chi connectivity index (χ3v) is 2.50. The van der Waals surface area contributed by atoms with E-state index in [-0.39, 0.29) is 5.56 Å².